The average molecular weight is 474 g/mol. The Balaban J connectivity index is 1.66. The van der Waals surface area contributed by atoms with Crippen molar-refractivity contribution in [2.75, 3.05) is 32.0 Å². The van der Waals surface area contributed by atoms with Crippen molar-refractivity contribution in [2.24, 2.45) is 0 Å². The van der Waals surface area contributed by atoms with Crippen LogP contribution in [-0.4, -0.2) is 38.6 Å². The number of amides is 2. The lowest BCUT2D eigenvalue weighted by molar-refractivity contribution is 0.0951. The fraction of sp³-hybridized carbons (Fsp3) is 0.182. The van der Waals surface area contributed by atoms with Crippen LogP contribution in [0.4, 0.5) is 11.4 Å². The highest BCUT2D eigenvalue weighted by atomic mass is 32.1. The Bertz CT molecular complexity index is 1060. The SMILES string of the molecule is COc1cc(C(=O)NC(S)Nc2cccc(NC(=O)c3cccs3)c2)cc(OC)c1OC. The van der Waals surface area contributed by atoms with E-state index in [0.29, 0.717) is 39.1 Å². The smallest absolute Gasteiger partial charge is 0.265 e. The van der Waals surface area contributed by atoms with Gasteiger partial charge in [0.25, 0.3) is 11.8 Å². The second kappa shape index (κ2) is 10.8. The van der Waals surface area contributed by atoms with E-state index in [1.165, 1.54) is 32.7 Å². The van der Waals surface area contributed by atoms with E-state index in [1.807, 2.05) is 11.4 Å². The van der Waals surface area contributed by atoms with Gasteiger partial charge in [0.15, 0.2) is 11.5 Å². The highest BCUT2D eigenvalue weighted by Crippen LogP contribution is 2.38. The van der Waals surface area contributed by atoms with Crippen molar-refractivity contribution in [3.8, 4) is 17.2 Å². The minimum absolute atomic E-state index is 0.185. The molecule has 0 radical (unpaired) electrons. The fourth-order valence-electron chi connectivity index (χ4n) is 2.90. The summed E-state index contributed by atoms with van der Waals surface area (Å²) >= 11 is 5.77. The van der Waals surface area contributed by atoms with Crippen LogP contribution in [-0.2, 0) is 0 Å². The maximum absolute atomic E-state index is 12.7. The minimum Gasteiger partial charge on any atom is -0.493 e. The van der Waals surface area contributed by atoms with Crippen LogP contribution in [0.2, 0.25) is 0 Å². The van der Waals surface area contributed by atoms with Gasteiger partial charge in [-0.15, -0.1) is 24.0 Å². The van der Waals surface area contributed by atoms with Gasteiger partial charge in [0.05, 0.1) is 26.2 Å². The maximum atomic E-state index is 12.7. The molecule has 32 heavy (non-hydrogen) atoms. The van der Waals surface area contributed by atoms with Gasteiger partial charge < -0.3 is 30.2 Å². The van der Waals surface area contributed by atoms with Crippen molar-refractivity contribution in [3.63, 3.8) is 0 Å². The average Bonchev–Trinajstić information content (AvgIpc) is 3.33. The fourth-order valence-corrected chi connectivity index (χ4v) is 3.79. The predicted molar refractivity (Wildman–Crippen MR) is 129 cm³/mol. The second-order valence-electron chi connectivity index (χ2n) is 6.45. The van der Waals surface area contributed by atoms with E-state index in [4.69, 9.17) is 14.2 Å². The second-order valence-corrected chi connectivity index (χ2v) is 7.91. The molecule has 1 unspecified atom stereocenters. The van der Waals surface area contributed by atoms with Crippen LogP contribution >= 0.6 is 24.0 Å². The first-order valence-corrected chi connectivity index (χ1v) is 10.8. The molecule has 8 nitrogen and oxygen atoms in total. The number of carbonyl (C=O) groups excluding carboxylic acids is 2. The number of carbonyl (C=O) groups is 2. The number of hydrogen-bond acceptors (Lipinski definition) is 8. The third kappa shape index (κ3) is 5.65. The third-order valence-electron chi connectivity index (χ3n) is 4.36. The Hall–Kier alpha value is -3.37. The molecule has 0 aliphatic heterocycles. The molecule has 2 amide bonds. The molecule has 0 spiro atoms. The quantitative estimate of drug-likeness (QED) is 0.276. The summed E-state index contributed by atoms with van der Waals surface area (Å²) in [5.74, 6) is 0.562. The number of rotatable bonds is 9. The Labute approximate surface area is 195 Å². The van der Waals surface area contributed by atoms with Crippen molar-refractivity contribution in [3.05, 3.63) is 64.4 Å². The van der Waals surface area contributed by atoms with Crippen molar-refractivity contribution in [2.45, 2.75) is 5.50 Å². The molecule has 3 N–H and O–H groups in total. The van der Waals surface area contributed by atoms with Gasteiger partial charge in [0, 0.05) is 16.9 Å². The number of hydrogen-bond donors (Lipinski definition) is 4. The van der Waals surface area contributed by atoms with Crippen molar-refractivity contribution in [1.29, 1.82) is 0 Å². The lowest BCUT2D eigenvalue weighted by Crippen LogP contribution is -2.36. The summed E-state index contributed by atoms with van der Waals surface area (Å²) in [4.78, 5) is 25.6. The number of methoxy groups -OCH3 is 3. The summed E-state index contributed by atoms with van der Waals surface area (Å²) < 4.78 is 15.9. The number of thiophene rings is 1. The Kier molecular flexibility index (Phi) is 7.85. The molecular weight excluding hydrogens is 450 g/mol. The monoisotopic (exact) mass is 473 g/mol. The maximum Gasteiger partial charge on any atom is 0.265 e. The van der Waals surface area contributed by atoms with Crippen LogP contribution in [0.1, 0.15) is 20.0 Å². The molecule has 0 aliphatic rings. The number of benzene rings is 2. The van der Waals surface area contributed by atoms with E-state index in [0.717, 1.165) is 0 Å². The van der Waals surface area contributed by atoms with Crippen LogP contribution in [0, 0.1) is 0 Å². The van der Waals surface area contributed by atoms with E-state index < -0.39 is 5.50 Å². The molecule has 10 heteroatoms. The van der Waals surface area contributed by atoms with Crippen LogP contribution in [0.25, 0.3) is 0 Å². The van der Waals surface area contributed by atoms with E-state index in [2.05, 4.69) is 28.6 Å². The Morgan fingerprint density at radius 3 is 2.19 bits per heavy atom. The molecule has 1 aromatic heterocycles. The lowest BCUT2D eigenvalue weighted by Gasteiger charge is -2.18. The van der Waals surface area contributed by atoms with Gasteiger partial charge >= 0.3 is 0 Å². The number of thiol groups is 1. The molecule has 2 aromatic carbocycles. The van der Waals surface area contributed by atoms with E-state index >= 15 is 0 Å². The van der Waals surface area contributed by atoms with E-state index in [1.54, 1.807) is 42.5 Å². The molecule has 168 valence electrons. The number of ether oxygens (including phenoxy) is 3. The first kappa shape index (κ1) is 23.3. The first-order chi connectivity index (χ1) is 15.4. The van der Waals surface area contributed by atoms with Gasteiger partial charge in [-0.2, -0.15) is 0 Å². The molecule has 0 saturated carbocycles. The topological polar surface area (TPSA) is 97.9 Å². The molecular formula is C22H23N3O5S2. The number of anilines is 2. The number of nitrogens with one attached hydrogen (secondary N) is 3. The van der Waals surface area contributed by atoms with Crippen LogP contribution in [0.15, 0.2) is 53.9 Å². The standard InChI is InChI=1S/C22H23N3O5S2/c1-28-16-10-13(11-17(29-2)19(16)30-3)20(26)25-22(31)24-15-7-4-6-14(12-15)23-21(27)18-8-5-9-32-18/h4-12,22,24,31H,1-3H3,(H,23,27)(H,25,26). The van der Waals surface area contributed by atoms with Gasteiger partial charge in [-0.1, -0.05) is 12.1 Å². The Morgan fingerprint density at radius 2 is 1.59 bits per heavy atom. The van der Waals surface area contributed by atoms with Crippen molar-refractivity contribution < 1.29 is 23.8 Å². The molecule has 0 aliphatic carbocycles. The molecule has 0 fully saturated rings. The van der Waals surface area contributed by atoms with Crippen LogP contribution in [0.5, 0.6) is 17.2 Å². The van der Waals surface area contributed by atoms with E-state index in [-0.39, 0.29) is 11.8 Å². The largest absolute Gasteiger partial charge is 0.493 e. The van der Waals surface area contributed by atoms with Gasteiger partial charge in [-0.25, -0.2) is 0 Å². The van der Waals surface area contributed by atoms with Crippen LogP contribution in [0.3, 0.4) is 0 Å². The molecule has 1 heterocycles. The van der Waals surface area contributed by atoms with Gasteiger partial charge in [-0.05, 0) is 41.8 Å². The molecule has 3 rings (SSSR count). The van der Waals surface area contributed by atoms with Crippen LogP contribution < -0.4 is 30.2 Å². The predicted octanol–water partition coefficient (Wildman–Crippen LogP) is 4.08. The summed E-state index contributed by atoms with van der Waals surface area (Å²) in [6.07, 6.45) is 0. The summed E-state index contributed by atoms with van der Waals surface area (Å²) in [7, 11) is 4.45. The summed E-state index contributed by atoms with van der Waals surface area (Å²) in [6.45, 7) is 0. The normalized spacial score (nSPS) is 11.2. The zero-order valence-electron chi connectivity index (χ0n) is 17.7. The Morgan fingerprint density at radius 1 is 0.906 bits per heavy atom. The van der Waals surface area contributed by atoms with Gasteiger partial charge in [0.1, 0.15) is 5.50 Å². The molecule has 0 bridgehead atoms. The summed E-state index contributed by atoms with van der Waals surface area (Å²) in [6, 6.07) is 13.8. The summed E-state index contributed by atoms with van der Waals surface area (Å²) in [5, 5.41) is 10.5. The minimum atomic E-state index is -0.704. The lowest BCUT2D eigenvalue weighted by atomic mass is 10.1. The van der Waals surface area contributed by atoms with Gasteiger partial charge in [0.2, 0.25) is 5.75 Å². The zero-order chi connectivity index (χ0) is 23.1. The van der Waals surface area contributed by atoms with Crippen molar-refractivity contribution in [1.82, 2.24) is 5.32 Å². The van der Waals surface area contributed by atoms with Gasteiger partial charge in [-0.3, -0.25) is 9.59 Å². The zero-order valence-corrected chi connectivity index (χ0v) is 19.4. The molecule has 1 atom stereocenters. The highest BCUT2D eigenvalue weighted by Gasteiger charge is 2.18. The van der Waals surface area contributed by atoms with Crippen molar-refractivity contribution >= 4 is 47.2 Å². The summed E-state index contributed by atoms with van der Waals surface area (Å²) in [5.41, 5.74) is 0.895. The molecule has 0 saturated heterocycles. The molecule has 3 aromatic rings. The third-order valence-corrected chi connectivity index (χ3v) is 5.49. The first-order valence-electron chi connectivity index (χ1n) is 9.45. The highest BCUT2D eigenvalue weighted by molar-refractivity contribution is 7.81. The van der Waals surface area contributed by atoms with E-state index in [9.17, 15) is 9.59 Å².